The molecule has 3 atom stereocenters. The number of rotatable bonds is 3. The summed E-state index contributed by atoms with van der Waals surface area (Å²) in [6.45, 7) is 10.1. The fourth-order valence-electron chi connectivity index (χ4n) is 5.87. The van der Waals surface area contributed by atoms with Crippen molar-refractivity contribution in [1.82, 2.24) is 19.9 Å². The van der Waals surface area contributed by atoms with Gasteiger partial charge in [-0.05, 0) is 33.3 Å². The second kappa shape index (κ2) is 9.02. The van der Waals surface area contributed by atoms with Gasteiger partial charge in [0.15, 0.2) is 9.84 Å². The topological polar surface area (TPSA) is 123 Å². The van der Waals surface area contributed by atoms with Crippen LogP contribution in [0, 0.1) is 11.3 Å². The minimum atomic E-state index is -4.73. The number of hydrogen-bond acceptors (Lipinski definition) is 9. The van der Waals surface area contributed by atoms with Crippen molar-refractivity contribution in [3.63, 3.8) is 0 Å². The molecule has 5 rings (SSSR count). The van der Waals surface area contributed by atoms with Gasteiger partial charge in [0, 0.05) is 48.9 Å². The first-order valence-corrected chi connectivity index (χ1v) is 14.6. The van der Waals surface area contributed by atoms with Crippen LogP contribution >= 0.6 is 0 Å². The van der Waals surface area contributed by atoms with Gasteiger partial charge in [-0.15, -0.1) is 0 Å². The number of piperazine rings is 1. The molecule has 5 heterocycles. The average molecular weight is 578 g/mol. The van der Waals surface area contributed by atoms with Crippen LogP contribution in [0.4, 0.5) is 30.6 Å². The van der Waals surface area contributed by atoms with Gasteiger partial charge in [-0.25, -0.2) is 23.4 Å². The fraction of sp³-hybridized carbons (Fsp3) is 0.577. The van der Waals surface area contributed by atoms with E-state index in [-0.39, 0.29) is 36.1 Å². The highest BCUT2D eigenvalue weighted by atomic mass is 32.2. The van der Waals surface area contributed by atoms with Gasteiger partial charge in [-0.2, -0.15) is 18.4 Å². The number of aromatic nitrogens is 3. The van der Waals surface area contributed by atoms with Crippen LogP contribution in [-0.4, -0.2) is 76.4 Å². The van der Waals surface area contributed by atoms with Crippen molar-refractivity contribution in [2.24, 2.45) is 0 Å². The summed E-state index contributed by atoms with van der Waals surface area (Å²) < 4.78 is 64.4. The molecule has 0 aromatic carbocycles. The summed E-state index contributed by atoms with van der Waals surface area (Å²) in [6.07, 6.45) is -2.14. The summed E-state index contributed by atoms with van der Waals surface area (Å²) >= 11 is 0. The summed E-state index contributed by atoms with van der Waals surface area (Å²) in [4.78, 5) is 31.8. The Bertz CT molecular complexity index is 1540. The molecule has 3 aliphatic heterocycles. The number of fused-ring (bicyclic) bond motifs is 1. The van der Waals surface area contributed by atoms with Crippen LogP contribution in [0.2, 0.25) is 0 Å². The van der Waals surface area contributed by atoms with Crippen molar-refractivity contribution >= 4 is 33.2 Å². The van der Waals surface area contributed by atoms with Gasteiger partial charge in [-0.1, -0.05) is 13.8 Å². The molecule has 1 unspecified atom stereocenters. The maximum atomic E-state index is 13.7. The van der Waals surface area contributed by atoms with Crippen LogP contribution in [0.15, 0.2) is 18.6 Å². The maximum Gasteiger partial charge on any atom is 0.417 e. The van der Waals surface area contributed by atoms with Crippen molar-refractivity contribution in [3.8, 4) is 6.07 Å². The number of alkyl halides is 3. The van der Waals surface area contributed by atoms with Crippen LogP contribution in [0.5, 0.6) is 0 Å². The highest BCUT2D eigenvalue weighted by Crippen LogP contribution is 2.48. The monoisotopic (exact) mass is 577 g/mol. The van der Waals surface area contributed by atoms with Crippen LogP contribution < -0.4 is 9.80 Å². The molecule has 14 heteroatoms. The molecule has 2 aromatic heterocycles. The van der Waals surface area contributed by atoms with Crippen LogP contribution in [-0.2, 0) is 26.2 Å². The van der Waals surface area contributed by atoms with Crippen LogP contribution in [0.1, 0.15) is 57.7 Å². The second-order valence-corrected chi connectivity index (χ2v) is 14.2. The first kappa shape index (κ1) is 28.1. The third-order valence-corrected chi connectivity index (χ3v) is 10.9. The van der Waals surface area contributed by atoms with E-state index in [1.807, 2.05) is 32.6 Å². The summed E-state index contributed by atoms with van der Waals surface area (Å²) in [5.41, 5.74) is -1.46. The minimum Gasteiger partial charge on any atom is -0.350 e. The van der Waals surface area contributed by atoms with E-state index in [0.29, 0.717) is 31.1 Å². The van der Waals surface area contributed by atoms with Crippen molar-refractivity contribution in [1.29, 1.82) is 5.26 Å². The standard InChI is InChI=1S/C26H30F3N7O3S/c1-15-12-35(23(37)25(5)6-7-40(25,38)39)16(2)11-34(15)21-20-22(33-14-32-21)36(13-24(20,3)4)19-8-18(26(27,28)29)17(9-30)10-31-19/h8,10,14-16H,6-7,11-13H2,1-5H3/t15?,16-,25-/m1/s1. The van der Waals surface area contributed by atoms with Gasteiger partial charge >= 0.3 is 6.18 Å². The molecule has 2 fully saturated rings. The Hall–Kier alpha value is -3.47. The number of nitriles is 1. The summed E-state index contributed by atoms with van der Waals surface area (Å²) in [7, 11) is -3.47. The first-order chi connectivity index (χ1) is 18.5. The summed E-state index contributed by atoms with van der Waals surface area (Å²) in [6, 6.07) is 1.89. The SMILES string of the molecule is CC1CN(C(=O)[C@@]2(C)CCS2(=O)=O)[C@H](C)CN1c1ncnc2c1C(C)(C)CN2c1cc(C(F)(F)F)c(C#N)cn1. The molecule has 10 nitrogen and oxygen atoms in total. The number of carbonyl (C=O) groups is 1. The molecular weight excluding hydrogens is 547 g/mol. The van der Waals surface area contributed by atoms with E-state index in [0.717, 1.165) is 17.8 Å². The lowest BCUT2D eigenvalue weighted by Gasteiger charge is -2.49. The highest BCUT2D eigenvalue weighted by molar-refractivity contribution is 7.95. The van der Waals surface area contributed by atoms with Gasteiger partial charge in [0.05, 0.1) is 16.9 Å². The molecule has 3 aliphatic rings. The second-order valence-electron chi connectivity index (χ2n) is 11.7. The number of hydrogen-bond donors (Lipinski definition) is 0. The smallest absolute Gasteiger partial charge is 0.350 e. The quantitative estimate of drug-likeness (QED) is 0.541. The number of sulfone groups is 1. The van der Waals surface area contributed by atoms with Gasteiger partial charge in [0.1, 0.15) is 34.6 Å². The lowest BCUT2D eigenvalue weighted by Crippen LogP contribution is -2.66. The number of pyridine rings is 1. The van der Waals surface area contributed by atoms with Gasteiger partial charge in [0.25, 0.3) is 0 Å². The molecule has 0 spiro atoms. The van der Waals surface area contributed by atoms with Crippen LogP contribution in [0.25, 0.3) is 0 Å². The van der Waals surface area contributed by atoms with E-state index in [1.54, 1.807) is 15.9 Å². The zero-order valence-corrected chi connectivity index (χ0v) is 23.6. The molecular formula is C26H30F3N7O3S. The Balaban J connectivity index is 1.49. The predicted molar refractivity (Wildman–Crippen MR) is 141 cm³/mol. The molecule has 1 amide bonds. The van der Waals surface area contributed by atoms with E-state index in [2.05, 4.69) is 15.0 Å². The van der Waals surface area contributed by atoms with Crippen molar-refractivity contribution in [2.75, 3.05) is 35.2 Å². The van der Waals surface area contributed by atoms with E-state index in [1.165, 1.54) is 13.3 Å². The van der Waals surface area contributed by atoms with E-state index in [4.69, 9.17) is 5.26 Å². The first-order valence-electron chi connectivity index (χ1n) is 12.9. The van der Waals surface area contributed by atoms with E-state index < -0.39 is 37.3 Å². The number of halogens is 3. The molecule has 2 aromatic rings. The Labute approximate surface area is 230 Å². The largest absolute Gasteiger partial charge is 0.417 e. The fourth-order valence-corrected chi connectivity index (χ4v) is 7.41. The Morgan fingerprint density at radius 2 is 1.77 bits per heavy atom. The van der Waals surface area contributed by atoms with Gasteiger partial charge in [-0.3, -0.25) is 4.79 Å². The minimum absolute atomic E-state index is 0.0103. The van der Waals surface area contributed by atoms with E-state index >= 15 is 0 Å². The Morgan fingerprint density at radius 3 is 2.35 bits per heavy atom. The molecule has 214 valence electrons. The highest BCUT2D eigenvalue weighted by Gasteiger charge is 2.57. The van der Waals surface area contributed by atoms with Gasteiger partial charge in [0.2, 0.25) is 5.91 Å². The third-order valence-electron chi connectivity index (χ3n) is 8.39. The zero-order chi connectivity index (χ0) is 29.4. The molecule has 0 bridgehead atoms. The number of carbonyl (C=O) groups excluding carboxylic acids is 1. The molecule has 0 radical (unpaired) electrons. The van der Waals surface area contributed by atoms with Crippen molar-refractivity contribution < 1.29 is 26.4 Å². The van der Waals surface area contributed by atoms with Crippen molar-refractivity contribution in [3.05, 3.63) is 35.3 Å². The molecule has 40 heavy (non-hydrogen) atoms. The normalized spacial score (nSPS) is 27.1. The predicted octanol–water partition coefficient (Wildman–Crippen LogP) is 3.19. The molecule has 2 saturated heterocycles. The summed E-state index contributed by atoms with van der Waals surface area (Å²) in [5.74, 6) is 0.679. The van der Waals surface area contributed by atoms with Crippen LogP contribution in [0.3, 0.4) is 0 Å². The Kier molecular flexibility index (Phi) is 6.33. The third kappa shape index (κ3) is 4.17. The zero-order valence-electron chi connectivity index (χ0n) is 22.8. The maximum absolute atomic E-state index is 13.7. The van der Waals surface area contributed by atoms with E-state index in [9.17, 15) is 26.4 Å². The average Bonchev–Trinajstić information content (AvgIpc) is 3.18. The van der Waals surface area contributed by atoms with Gasteiger partial charge < -0.3 is 14.7 Å². The molecule has 0 saturated carbocycles. The number of anilines is 3. The molecule has 0 aliphatic carbocycles. The summed E-state index contributed by atoms with van der Waals surface area (Å²) in [5, 5.41) is 9.16. The number of nitrogens with zero attached hydrogens (tertiary/aromatic N) is 7. The molecule has 0 N–H and O–H groups in total. The van der Waals surface area contributed by atoms with Crippen molar-refractivity contribution in [2.45, 2.75) is 69.5 Å². The lowest BCUT2D eigenvalue weighted by molar-refractivity contribution is -0.138. The lowest BCUT2D eigenvalue weighted by atomic mass is 9.87. The number of amides is 1. The Morgan fingerprint density at radius 1 is 1.10 bits per heavy atom.